The van der Waals surface area contributed by atoms with Gasteiger partial charge in [0, 0.05) is 27.8 Å². The quantitative estimate of drug-likeness (QED) is 0.172. The Morgan fingerprint density at radius 1 is 0.339 bits per heavy atom. The van der Waals surface area contributed by atoms with Crippen molar-refractivity contribution >= 4 is 21.8 Å². The van der Waals surface area contributed by atoms with Crippen molar-refractivity contribution in [1.29, 1.82) is 0 Å². The first-order valence-electron chi connectivity index (χ1n) is 19.1. The standard InChI is InChI=1S/C52H34N4/c1-4-15-34(16-5-1)49-45-25-11-10-23-41(45)42-29-27-39(32-46(42)49)37-21-14-22-38(31-37)40-28-30-44-43-24-12-13-26-47(43)56(48(44)33-40)52-54-50(35-17-6-2-7-18-35)53-51(55-52)36-19-8-3-9-20-36/h1-33,49H. The summed E-state index contributed by atoms with van der Waals surface area (Å²) in [6.45, 7) is 0. The Bertz CT molecular complexity index is 3020. The van der Waals surface area contributed by atoms with E-state index in [1.807, 2.05) is 60.7 Å². The molecule has 2 aromatic heterocycles. The van der Waals surface area contributed by atoms with Gasteiger partial charge in [-0.2, -0.15) is 9.97 Å². The van der Waals surface area contributed by atoms with E-state index in [1.54, 1.807) is 0 Å². The molecular formula is C52H34N4. The van der Waals surface area contributed by atoms with Gasteiger partial charge in [-0.05, 0) is 74.3 Å². The van der Waals surface area contributed by atoms with Gasteiger partial charge in [0.25, 0.3) is 0 Å². The number of para-hydroxylation sites is 1. The fourth-order valence-electron chi connectivity index (χ4n) is 8.53. The Kier molecular flexibility index (Phi) is 7.52. The highest BCUT2D eigenvalue weighted by Crippen LogP contribution is 2.49. The van der Waals surface area contributed by atoms with Gasteiger partial charge in [-0.1, -0.05) is 176 Å². The lowest BCUT2D eigenvalue weighted by atomic mass is 9.88. The van der Waals surface area contributed by atoms with Crippen molar-refractivity contribution in [2.45, 2.75) is 5.92 Å². The molecule has 56 heavy (non-hydrogen) atoms. The highest BCUT2D eigenvalue weighted by atomic mass is 15.2. The normalized spacial score (nSPS) is 13.2. The molecule has 0 bridgehead atoms. The second-order valence-electron chi connectivity index (χ2n) is 14.4. The molecule has 4 heteroatoms. The van der Waals surface area contributed by atoms with E-state index in [-0.39, 0.29) is 5.92 Å². The van der Waals surface area contributed by atoms with Gasteiger partial charge in [0.05, 0.1) is 11.0 Å². The summed E-state index contributed by atoms with van der Waals surface area (Å²) >= 11 is 0. The summed E-state index contributed by atoms with van der Waals surface area (Å²) in [6, 6.07) is 71.2. The van der Waals surface area contributed by atoms with E-state index in [0.29, 0.717) is 17.6 Å². The average Bonchev–Trinajstić information content (AvgIpc) is 3.79. The molecule has 0 spiro atoms. The fraction of sp³-hybridized carbons (Fsp3) is 0.0192. The molecule has 1 aliphatic rings. The molecule has 8 aromatic carbocycles. The van der Waals surface area contributed by atoms with Crippen LogP contribution in [0.4, 0.5) is 0 Å². The van der Waals surface area contributed by atoms with Crippen LogP contribution < -0.4 is 0 Å². The van der Waals surface area contributed by atoms with Crippen LogP contribution >= 0.6 is 0 Å². The summed E-state index contributed by atoms with van der Waals surface area (Å²) < 4.78 is 2.19. The minimum Gasteiger partial charge on any atom is -0.278 e. The Morgan fingerprint density at radius 2 is 0.875 bits per heavy atom. The molecule has 0 N–H and O–H groups in total. The van der Waals surface area contributed by atoms with Crippen molar-refractivity contribution in [2.75, 3.05) is 0 Å². The topological polar surface area (TPSA) is 43.6 Å². The number of fused-ring (bicyclic) bond motifs is 6. The van der Waals surface area contributed by atoms with Crippen LogP contribution in [-0.4, -0.2) is 19.5 Å². The second kappa shape index (κ2) is 13.2. The molecule has 0 radical (unpaired) electrons. The maximum absolute atomic E-state index is 5.14. The first kappa shape index (κ1) is 32.0. The number of hydrogen-bond donors (Lipinski definition) is 0. The van der Waals surface area contributed by atoms with Gasteiger partial charge >= 0.3 is 0 Å². The molecular weight excluding hydrogens is 681 g/mol. The molecule has 10 aromatic rings. The van der Waals surface area contributed by atoms with Crippen LogP contribution in [0.1, 0.15) is 22.6 Å². The van der Waals surface area contributed by atoms with Crippen molar-refractivity contribution in [3.8, 4) is 62.1 Å². The van der Waals surface area contributed by atoms with E-state index in [4.69, 9.17) is 15.0 Å². The molecule has 0 saturated heterocycles. The third kappa shape index (κ3) is 5.34. The van der Waals surface area contributed by atoms with Gasteiger partial charge in [-0.25, -0.2) is 4.98 Å². The Hall–Kier alpha value is -7.43. The molecule has 262 valence electrons. The van der Waals surface area contributed by atoms with E-state index in [0.717, 1.165) is 44.1 Å². The van der Waals surface area contributed by atoms with E-state index >= 15 is 0 Å². The van der Waals surface area contributed by atoms with Gasteiger partial charge in [0.2, 0.25) is 5.95 Å². The Labute approximate surface area is 325 Å². The van der Waals surface area contributed by atoms with Crippen LogP contribution in [0, 0.1) is 0 Å². The summed E-state index contributed by atoms with van der Waals surface area (Å²) in [5, 5.41) is 2.30. The molecule has 11 rings (SSSR count). The van der Waals surface area contributed by atoms with Crippen LogP contribution in [0.5, 0.6) is 0 Å². The van der Waals surface area contributed by atoms with Crippen LogP contribution in [0.2, 0.25) is 0 Å². The summed E-state index contributed by atoms with van der Waals surface area (Å²) in [5.74, 6) is 2.06. The lowest BCUT2D eigenvalue weighted by Crippen LogP contribution is -2.06. The highest BCUT2D eigenvalue weighted by molar-refractivity contribution is 6.10. The summed E-state index contributed by atoms with van der Waals surface area (Å²) in [6.07, 6.45) is 0. The van der Waals surface area contributed by atoms with Gasteiger partial charge in [0.1, 0.15) is 0 Å². The van der Waals surface area contributed by atoms with Crippen LogP contribution in [0.3, 0.4) is 0 Å². The number of aromatic nitrogens is 4. The molecule has 0 saturated carbocycles. The lowest BCUT2D eigenvalue weighted by Gasteiger charge is -2.15. The van der Waals surface area contributed by atoms with Gasteiger partial charge in [0.15, 0.2) is 11.6 Å². The Balaban J connectivity index is 1.05. The van der Waals surface area contributed by atoms with E-state index < -0.39 is 0 Å². The maximum atomic E-state index is 5.14. The van der Waals surface area contributed by atoms with Crippen molar-refractivity contribution in [1.82, 2.24) is 19.5 Å². The zero-order valence-corrected chi connectivity index (χ0v) is 30.4. The smallest absolute Gasteiger partial charge is 0.238 e. The molecule has 1 aliphatic carbocycles. The second-order valence-corrected chi connectivity index (χ2v) is 14.4. The van der Waals surface area contributed by atoms with Crippen molar-refractivity contribution in [3.05, 3.63) is 217 Å². The molecule has 0 aliphatic heterocycles. The van der Waals surface area contributed by atoms with Gasteiger partial charge < -0.3 is 0 Å². The first-order valence-corrected chi connectivity index (χ1v) is 19.1. The molecule has 0 fully saturated rings. The Morgan fingerprint density at radius 3 is 1.61 bits per heavy atom. The fourth-order valence-corrected chi connectivity index (χ4v) is 8.53. The minimum atomic E-state index is 0.204. The zero-order chi connectivity index (χ0) is 37.0. The largest absolute Gasteiger partial charge is 0.278 e. The summed E-state index contributed by atoms with van der Waals surface area (Å²) in [7, 11) is 0. The molecule has 4 nitrogen and oxygen atoms in total. The molecule has 0 amide bonds. The third-order valence-electron chi connectivity index (χ3n) is 11.1. The molecule has 1 atom stereocenters. The zero-order valence-electron chi connectivity index (χ0n) is 30.4. The number of hydrogen-bond acceptors (Lipinski definition) is 3. The number of rotatable bonds is 6. The van der Waals surface area contributed by atoms with Gasteiger partial charge in [-0.15, -0.1) is 0 Å². The van der Waals surface area contributed by atoms with Crippen LogP contribution in [0.25, 0.3) is 83.9 Å². The van der Waals surface area contributed by atoms with Crippen LogP contribution in [0.15, 0.2) is 200 Å². The SMILES string of the molecule is c1ccc(-c2nc(-c3ccccc3)nc(-n3c4ccccc4c4ccc(-c5cccc(-c6ccc7c(c6)C(c6ccccc6)c6ccccc6-7)c5)cc43)n2)cc1. The average molecular weight is 715 g/mol. The van der Waals surface area contributed by atoms with E-state index in [2.05, 4.69) is 144 Å². The van der Waals surface area contributed by atoms with E-state index in [9.17, 15) is 0 Å². The summed E-state index contributed by atoms with van der Waals surface area (Å²) in [5.41, 5.74) is 15.3. The van der Waals surface area contributed by atoms with Crippen LogP contribution in [-0.2, 0) is 0 Å². The summed E-state index contributed by atoms with van der Waals surface area (Å²) in [4.78, 5) is 15.2. The monoisotopic (exact) mass is 714 g/mol. The predicted molar refractivity (Wildman–Crippen MR) is 229 cm³/mol. The third-order valence-corrected chi connectivity index (χ3v) is 11.1. The van der Waals surface area contributed by atoms with E-state index in [1.165, 1.54) is 38.9 Å². The van der Waals surface area contributed by atoms with Crippen molar-refractivity contribution in [3.63, 3.8) is 0 Å². The van der Waals surface area contributed by atoms with Crippen molar-refractivity contribution < 1.29 is 0 Å². The van der Waals surface area contributed by atoms with Gasteiger partial charge in [-0.3, -0.25) is 4.57 Å². The number of nitrogens with zero attached hydrogens (tertiary/aromatic N) is 4. The predicted octanol–water partition coefficient (Wildman–Crippen LogP) is 12.8. The molecule has 2 heterocycles. The highest BCUT2D eigenvalue weighted by Gasteiger charge is 2.30. The minimum absolute atomic E-state index is 0.204. The first-order chi connectivity index (χ1) is 27.8. The molecule has 1 unspecified atom stereocenters. The lowest BCUT2D eigenvalue weighted by molar-refractivity contribution is 0.953. The maximum Gasteiger partial charge on any atom is 0.238 e. The van der Waals surface area contributed by atoms with Crippen molar-refractivity contribution in [2.24, 2.45) is 0 Å². The number of benzene rings is 8.